The summed E-state index contributed by atoms with van der Waals surface area (Å²) in [6.45, 7) is 1.76. The molecule has 166 valence electrons. The first-order valence-electron chi connectivity index (χ1n) is 10.0. The summed E-state index contributed by atoms with van der Waals surface area (Å²) < 4.78 is 0. The number of Topliss-reactive ketones (excluding diaryl/α,β-unsaturated/α-hetero) is 1. The lowest BCUT2D eigenvalue weighted by atomic mass is 9.55. The van der Waals surface area contributed by atoms with Crippen LogP contribution in [0.5, 0.6) is 5.75 Å². The molecule has 0 aliphatic heterocycles. The quantitative estimate of drug-likeness (QED) is 0.394. The van der Waals surface area contributed by atoms with Crippen molar-refractivity contribution in [3.8, 4) is 5.75 Å². The fourth-order valence-electron chi connectivity index (χ4n) is 5.68. The lowest BCUT2D eigenvalue weighted by Crippen LogP contribution is -2.64. The van der Waals surface area contributed by atoms with Gasteiger partial charge in [0, 0.05) is 23.8 Å². The van der Waals surface area contributed by atoms with Crippen LogP contribution in [-0.2, 0) is 4.79 Å². The van der Waals surface area contributed by atoms with E-state index in [1.165, 1.54) is 11.0 Å². The Kier molecular flexibility index (Phi) is 4.69. The fraction of sp³-hybridized carbons (Fsp3) is 0.455. The highest BCUT2D eigenvalue weighted by molar-refractivity contribution is 6.14. The number of amides is 1. The summed E-state index contributed by atoms with van der Waals surface area (Å²) in [5.41, 5.74) is 3.23. The highest BCUT2D eigenvalue weighted by atomic mass is 16.3. The van der Waals surface area contributed by atoms with E-state index in [-0.39, 0.29) is 28.2 Å². The molecule has 6 unspecified atom stereocenters. The minimum atomic E-state index is -2.21. The topological polar surface area (TPSA) is 165 Å². The number of phenols is 1. The number of aromatic hydroxyl groups is 1. The predicted octanol–water partition coefficient (Wildman–Crippen LogP) is 0.473. The molecular weight excluding hydrogens is 404 g/mol. The summed E-state index contributed by atoms with van der Waals surface area (Å²) >= 11 is 0. The summed E-state index contributed by atoms with van der Waals surface area (Å²) in [6, 6.07) is 3.58. The first-order chi connectivity index (χ1) is 14.4. The molecule has 3 aliphatic rings. The maximum absolute atomic E-state index is 13.3. The second-order valence-corrected chi connectivity index (χ2v) is 8.90. The molecule has 0 saturated heterocycles. The SMILES string of the molecule is CC1c2cccc(O)c2C(=O)C2=C(O)C3(O)CC(C(N)=O)=C(O)C(N(C)C)C3C(O)C21. The van der Waals surface area contributed by atoms with Gasteiger partial charge in [0.05, 0.1) is 23.3 Å². The van der Waals surface area contributed by atoms with Crippen LogP contribution >= 0.6 is 0 Å². The van der Waals surface area contributed by atoms with Crippen LogP contribution in [-0.4, -0.2) is 74.0 Å². The number of nitrogens with zero attached hydrogens (tertiary/aromatic N) is 1. The van der Waals surface area contributed by atoms with E-state index in [1.54, 1.807) is 33.2 Å². The minimum Gasteiger partial charge on any atom is -0.510 e. The number of primary amides is 1. The highest BCUT2D eigenvalue weighted by Gasteiger charge is 2.63. The van der Waals surface area contributed by atoms with E-state index in [4.69, 9.17) is 5.73 Å². The van der Waals surface area contributed by atoms with Gasteiger partial charge in [-0.2, -0.15) is 0 Å². The Balaban J connectivity index is 2.00. The van der Waals surface area contributed by atoms with Crippen molar-refractivity contribution in [2.45, 2.75) is 37.0 Å². The molecule has 9 heteroatoms. The van der Waals surface area contributed by atoms with Crippen molar-refractivity contribution in [3.63, 3.8) is 0 Å². The normalized spacial score (nSPS) is 35.0. The second kappa shape index (κ2) is 6.81. The summed E-state index contributed by atoms with van der Waals surface area (Å²) in [4.78, 5) is 26.8. The first kappa shape index (κ1) is 21.4. The van der Waals surface area contributed by atoms with E-state index in [2.05, 4.69) is 0 Å². The van der Waals surface area contributed by atoms with Crippen molar-refractivity contribution in [1.29, 1.82) is 0 Å². The monoisotopic (exact) mass is 430 g/mol. The molecule has 1 aromatic carbocycles. The second-order valence-electron chi connectivity index (χ2n) is 8.90. The molecule has 0 radical (unpaired) electrons. The van der Waals surface area contributed by atoms with Gasteiger partial charge in [0.25, 0.3) is 0 Å². The summed E-state index contributed by atoms with van der Waals surface area (Å²) in [7, 11) is 3.19. The third-order valence-corrected chi connectivity index (χ3v) is 7.09. The number of phenolic OH excluding ortho intramolecular Hbond substituents is 1. The number of aliphatic hydroxyl groups is 4. The lowest BCUT2D eigenvalue weighted by molar-refractivity contribution is -0.136. The number of likely N-dealkylation sites (N-methyl/N-ethyl adjacent to an activating group) is 1. The van der Waals surface area contributed by atoms with Crippen LogP contribution < -0.4 is 5.73 Å². The fourth-order valence-corrected chi connectivity index (χ4v) is 5.68. The number of fused-ring (bicyclic) bond motifs is 3. The number of carbonyl (C=O) groups excluding carboxylic acids is 2. The lowest BCUT2D eigenvalue weighted by Gasteiger charge is -2.54. The summed E-state index contributed by atoms with van der Waals surface area (Å²) in [5.74, 6) is -5.50. The van der Waals surface area contributed by atoms with E-state index < -0.39 is 59.4 Å². The van der Waals surface area contributed by atoms with E-state index in [1.807, 2.05) is 0 Å². The molecule has 0 bridgehead atoms. The average molecular weight is 430 g/mol. The number of carbonyl (C=O) groups is 2. The predicted molar refractivity (Wildman–Crippen MR) is 109 cm³/mol. The number of aliphatic hydroxyl groups excluding tert-OH is 3. The molecule has 6 atom stereocenters. The van der Waals surface area contributed by atoms with Crippen LogP contribution in [0.15, 0.2) is 40.9 Å². The molecule has 1 amide bonds. The van der Waals surface area contributed by atoms with Crippen molar-refractivity contribution in [2.24, 2.45) is 17.6 Å². The van der Waals surface area contributed by atoms with E-state index in [0.717, 1.165) is 0 Å². The number of rotatable bonds is 2. The Labute approximate surface area is 178 Å². The Morgan fingerprint density at radius 2 is 1.87 bits per heavy atom. The van der Waals surface area contributed by atoms with Gasteiger partial charge in [0.2, 0.25) is 5.91 Å². The molecule has 3 aliphatic carbocycles. The third kappa shape index (κ3) is 2.67. The summed E-state index contributed by atoms with van der Waals surface area (Å²) in [5, 5.41) is 55.3. The molecule has 0 saturated carbocycles. The van der Waals surface area contributed by atoms with Crippen LogP contribution in [0.25, 0.3) is 0 Å². The Morgan fingerprint density at radius 1 is 1.23 bits per heavy atom. The maximum atomic E-state index is 13.3. The molecule has 0 spiro atoms. The molecular formula is C22H26N2O7. The minimum absolute atomic E-state index is 0.00975. The van der Waals surface area contributed by atoms with Crippen molar-refractivity contribution < 1.29 is 35.1 Å². The van der Waals surface area contributed by atoms with Gasteiger partial charge in [-0.25, -0.2) is 0 Å². The van der Waals surface area contributed by atoms with Crippen LogP contribution in [0.2, 0.25) is 0 Å². The average Bonchev–Trinajstić information content (AvgIpc) is 2.69. The Morgan fingerprint density at radius 3 is 2.45 bits per heavy atom. The van der Waals surface area contributed by atoms with E-state index in [0.29, 0.717) is 5.56 Å². The Bertz CT molecular complexity index is 1060. The summed E-state index contributed by atoms with van der Waals surface area (Å²) in [6.07, 6.45) is -1.91. The number of hydrogen-bond acceptors (Lipinski definition) is 8. The van der Waals surface area contributed by atoms with Crippen molar-refractivity contribution in [2.75, 3.05) is 14.1 Å². The van der Waals surface area contributed by atoms with Gasteiger partial charge < -0.3 is 31.3 Å². The van der Waals surface area contributed by atoms with Crippen molar-refractivity contribution in [3.05, 3.63) is 52.0 Å². The van der Waals surface area contributed by atoms with Gasteiger partial charge in [-0.05, 0) is 31.6 Å². The zero-order chi connectivity index (χ0) is 23.0. The molecule has 0 heterocycles. The van der Waals surface area contributed by atoms with Gasteiger partial charge >= 0.3 is 0 Å². The van der Waals surface area contributed by atoms with Gasteiger partial charge in [-0.15, -0.1) is 0 Å². The number of benzene rings is 1. The molecule has 9 nitrogen and oxygen atoms in total. The zero-order valence-corrected chi connectivity index (χ0v) is 17.4. The van der Waals surface area contributed by atoms with E-state index >= 15 is 0 Å². The largest absolute Gasteiger partial charge is 0.510 e. The molecule has 31 heavy (non-hydrogen) atoms. The van der Waals surface area contributed by atoms with Gasteiger partial charge in [0.15, 0.2) is 5.78 Å². The standard InChI is InChI=1S/C22H26N2O7/c1-8-9-5-4-6-11(25)13(9)18(27)14-12(8)19(28)15-16(24(2)3)17(26)10(21(23)30)7-22(15,31)20(14)29/h4-6,8,12,15-16,19,25-26,28-29,31H,7H2,1-3H3,(H2,23,30). The molecule has 0 fully saturated rings. The molecule has 7 N–H and O–H groups in total. The van der Waals surface area contributed by atoms with Crippen LogP contribution in [0.3, 0.4) is 0 Å². The number of ketones is 1. The first-order valence-corrected chi connectivity index (χ1v) is 10.0. The smallest absolute Gasteiger partial charge is 0.248 e. The van der Waals surface area contributed by atoms with Gasteiger partial charge in [-0.1, -0.05) is 19.1 Å². The highest BCUT2D eigenvalue weighted by Crippen LogP contribution is 2.56. The van der Waals surface area contributed by atoms with Crippen molar-refractivity contribution in [1.82, 2.24) is 4.90 Å². The third-order valence-electron chi connectivity index (χ3n) is 7.09. The van der Waals surface area contributed by atoms with Gasteiger partial charge in [0.1, 0.15) is 22.9 Å². The number of nitrogens with two attached hydrogens (primary N) is 1. The van der Waals surface area contributed by atoms with Gasteiger partial charge in [-0.3, -0.25) is 14.5 Å². The zero-order valence-electron chi connectivity index (χ0n) is 17.4. The van der Waals surface area contributed by atoms with Crippen LogP contribution in [0, 0.1) is 11.8 Å². The van der Waals surface area contributed by atoms with Crippen LogP contribution in [0.4, 0.5) is 0 Å². The Hall–Kier alpha value is -2.88. The molecule has 0 aromatic heterocycles. The van der Waals surface area contributed by atoms with Crippen LogP contribution in [0.1, 0.15) is 35.2 Å². The molecule has 1 aromatic rings. The van der Waals surface area contributed by atoms with Crippen molar-refractivity contribution >= 4 is 11.7 Å². The maximum Gasteiger partial charge on any atom is 0.248 e. The van der Waals surface area contributed by atoms with E-state index in [9.17, 15) is 35.1 Å². The molecule has 4 rings (SSSR count). The number of hydrogen-bond donors (Lipinski definition) is 6.